The van der Waals surface area contributed by atoms with Gasteiger partial charge in [0.15, 0.2) is 17.3 Å². The van der Waals surface area contributed by atoms with Crippen LogP contribution in [-0.4, -0.2) is 27.7 Å². The van der Waals surface area contributed by atoms with Gasteiger partial charge >= 0.3 is 0 Å². The van der Waals surface area contributed by atoms with E-state index < -0.39 is 27.6 Å². The highest BCUT2D eigenvalue weighted by Crippen LogP contribution is 2.32. The van der Waals surface area contributed by atoms with E-state index in [2.05, 4.69) is 15.0 Å². The Balaban J connectivity index is 2.46. The Kier molecular flexibility index (Phi) is 5.55. The number of anilines is 1. The summed E-state index contributed by atoms with van der Waals surface area (Å²) in [5.74, 6) is -2.91. The van der Waals surface area contributed by atoms with E-state index in [9.17, 15) is 22.0 Å². The summed E-state index contributed by atoms with van der Waals surface area (Å²) in [5.41, 5.74) is 2.12. The van der Waals surface area contributed by atoms with Gasteiger partial charge in [-0.1, -0.05) is 0 Å². The molecule has 0 spiro atoms. The van der Waals surface area contributed by atoms with Crippen molar-refractivity contribution in [2.45, 2.75) is 0 Å². The fourth-order valence-electron chi connectivity index (χ4n) is 1.86. The molecule has 0 aliphatic carbocycles. The lowest BCUT2D eigenvalue weighted by atomic mass is 10.2. The summed E-state index contributed by atoms with van der Waals surface area (Å²) >= 11 is 0. The standard InChI is InChI=1S/C15H14F2N2O5S/c1-23-18-15(20)9-3-5-12(19-25(2,21)22)14(7-9)24-13-6-4-10(16)8-11(13)17/h3-8,19H,1-2H3,(H,18,20). The summed E-state index contributed by atoms with van der Waals surface area (Å²) in [6.45, 7) is 0. The Morgan fingerprint density at radius 2 is 1.80 bits per heavy atom. The summed E-state index contributed by atoms with van der Waals surface area (Å²) in [4.78, 5) is 16.3. The van der Waals surface area contributed by atoms with Gasteiger partial charge in [0, 0.05) is 11.6 Å². The monoisotopic (exact) mass is 372 g/mol. The van der Waals surface area contributed by atoms with Gasteiger partial charge in [0.1, 0.15) is 5.82 Å². The molecule has 0 saturated carbocycles. The lowest BCUT2D eigenvalue weighted by Gasteiger charge is -2.14. The second kappa shape index (κ2) is 7.45. The van der Waals surface area contributed by atoms with Crippen molar-refractivity contribution in [3.8, 4) is 11.5 Å². The second-order valence-electron chi connectivity index (χ2n) is 4.90. The molecule has 0 heterocycles. The lowest BCUT2D eigenvalue weighted by molar-refractivity contribution is 0.0537. The van der Waals surface area contributed by atoms with Crippen molar-refractivity contribution in [1.29, 1.82) is 0 Å². The van der Waals surface area contributed by atoms with E-state index in [1.54, 1.807) is 0 Å². The number of hydrogen-bond donors (Lipinski definition) is 2. The van der Waals surface area contributed by atoms with Crippen LogP contribution in [0.3, 0.4) is 0 Å². The molecule has 10 heteroatoms. The van der Waals surface area contributed by atoms with Crippen molar-refractivity contribution in [2.75, 3.05) is 18.1 Å². The van der Waals surface area contributed by atoms with E-state index in [1.807, 2.05) is 0 Å². The van der Waals surface area contributed by atoms with Gasteiger partial charge in [0.2, 0.25) is 10.0 Å². The van der Waals surface area contributed by atoms with Crippen LogP contribution in [0.15, 0.2) is 36.4 Å². The van der Waals surface area contributed by atoms with Gasteiger partial charge in [-0.3, -0.25) is 14.4 Å². The Morgan fingerprint density at radius 3 is 2.40 bits per heavy atom. The molecular formula is C15H14F2N2O5S. The summed E-state index contributed by atoms with van der Waals surface area (Å²) in [7, 11) is -2.42. The summed E-state index contributed by atoms with van der Waals surface area (Å²) < 4.78 is 57.2. The maximum Gasteiger partial charge on any atom is 0.274 e. The van der Waals surface area contributed by atoms with Gasteiger partial charge < -0.3 is 4.74 Å². The fourth-order valence-corrected chi connectivity index (χ4v) is 2.43. The summed E-state index contributed by atoms with van der Waals surface area (Å²) in [6.07, 6.45) is 0.917. The SMILES string of the molecule is CONC(=O)c1ccc(NS(C)(=O)=O)c(Oc2ccc(F)cc2F)c1. The quantitative estimate of drug-likeness (QED) is 0.760. The molecule has 25 heavy (non-hydrogen) atoms. The van der Waals surface area contributed by atoms with E-state index in [1.165, 1.54) is 25.3 Å². The topological polar surface area (TPSA) is 93.7 Å². The molecule has 0 aliphatic rings. The average Bonchev–Trinajstić information content (AvgIpc) is 2.50. The van der Waals surface area contributed by atoms with Crippen LogP contribution in [0.25, 0.3) is 0 Å². The second-order valence-corrected chi connectivity index (χ2v) is 6.65. The highest BCUT2D eigenvalue weighted by molar-refractivity contribution is 7.92. The van der Waals surface area contributed by atoms with Gasteiger partial charge in [-0.25, -0.2) is 22.7 Å². The first-order chi connectivity index (χ1) is 11.7. The van der Waals surface area contributed by atoms with Gasteiger partial charge in [-0.15, -0.1) is 0 Å². The minimum Gasteiger partial charge on any atom is -0.452 e. The molecule has 0 radical (unpaired) electrons. The predicted octanol–water partition coefficient (Wildman–Crippen LogP) is 2.42. The van der Waals surface area contributed by atoms with Gasteiger partial charge in [-0.2, -0.15) is 0 Å². The van der Waals surface area contributed by atoms with Crippen LogP contribution in [0, 0.1) is 11.6 Å². The molecule has 134 valence electrons. The number of hydrogen-bond acceptors (Lipinski definition) is 5. The molecule has 0 saturated heterocycles. The molecule has 2 N–H and O–H groups in total. The third kappa shape index (κ3) is 5.13. The van der Waals surface area contributed by atoms with Crippen molar-refractivity contribution in [1.82, 2.24) is 5.48 Å². The minimum atomic E-state index is -3.66. The van der Waals surface area contributed by atoms with Gasteiger partial charge in [-0.05, 0) is 30.3 Å². The zero-order valence-corrected chi connectivity index (χ0v) is 14.0. The number of benzene rings is 2. The van der Waals surface area contributed by atoms with Crippen LogP contribution >= 0.6 is 0 Å². The van der Waals surface area contributed by atoms with E-state index >= 15 is 0 Å². The number of amides is 1. The maximum absolute atomic E-state index is 13.8. The molecule has 2 aromatic carbocycles. The van der Waals surface area contributed by atoms with E-state index in [-0.39, 0.29) is 22.7 Å². The lowest BCUT2D eigenvalue weighted by Crippen LogP contribution is -2.22. The molecule has 2 rings (SSSR count). The zero-order valence-electron chi connectivity index (χ0n) is 13.2. The van der Waals surface area contributed by atoms with E-state index in [4.69, 9.17) is 4.74 Å². The third-order valence-electron chi connectivity index (χ3n) is 2.85. The molecule has 0 fully saturated rings. The number of sulfonamides is 1. The zero-order chi connectivity index (χ0) is 18.6. The van der Waals surface area contributed by atoms with Crippen molar-refractivity contribution in [3.05, 3.63) is 53.6 Å². The molecule has 1 amide bonds. The smallest absolute Gasteiger partial charge is 0.274 e. The number of halogens is 2. The highest BCUT2D eigenvalue weighted by Gasteiger charge is 2.16. The molecule has 2 aromatic rings. The maximum atomic E-state index is 13.8. The van der Waals surface area contributed by atoms with Crippen LogP contribution in [0.4, 0.5) is 14.5 Å². The largest absolute Gasteiger partial charge is 0.452 e. The Hall–Kier alpha value is -2.72. The Bertz CT molecular complexity index is 903. The number of carbonyl (C=O) groups excluding carboxylic acids is 1. The predicted molar refractivity (Wildman–Crippen MR) is 85.8 cm³/mol. The number of carbonyl (C=O) groups is 1. The van der Waals surface area contributed by atoms with Gasteiger partial charge in [0.05, 0.1) is 19.1 Å². The molecule has 7 nitrogen and oxygen atoms in total. The first-order valence-electron chi connectivity index (χ1n) is 6.77. The fraction of sp³-hybridized carbons (Fsp3) is 0.133. The molecule has 0 bridgehead atoms. The molecule has 0 aromatic heterocycles. The third-order valence-corrected chi connectivity index (χ3v) is 3.44. The summed E-state index contributed by atoms with van der Waals surface area (Å²) in [6, 6.07) is 6.39. The van der Waals surface area contributed by atoms with E-state index in [0.29, 0.717) is 6.07 Å². The molecule has 0 atom stereocenters. The first-order valence-corrected chi connectivity index (χ1v) is 8.67. The van der Waals surface area contributed by atoms with E-state index in [0.717, 1.165) is 18.4 Å². The van der Waals surface area contributed by atoms with Crippen molar-refractivity contribution < 1.29 is 31.6 Å². The number of hydroxylamine groups is 1. The van der Waals surface area contributed by atoms with Crippen LogP contribution in [0.5, 0.6) is 11.5 Å². The highest BCUT2D eigenvalue weighted by atomic mass is 32.2. The first kappa shape index (κ1) is 18.6. The Morgan fingerprint density at radius 1 is 1.08 bits per heavy atom. The number of nitrogens with one attached hydrogen (secondary N) is 2. The minimum absolute atomic E-state index is 0.0276. The normalized spacial score (nSPS) is 11.0. The Labute approximate surface area is 142 Å². The van der Waals surface area contributed by atoms with Crippen LogP contribution < -0.4 is 14.9 Å². The molecular weight excluding hydrogens is 358 g/mol. The van der Waals surface area contributed by atoms with Gasteiger partial charge in [0.25, 0.3) is 5.91 Å². The number of rotatable bonds is 6. The van der Waals surface area contributed by atoms with Crippen LogP contribution in [0.1, 0.15) is 10.4 Å². The average molecular weight is 372 g/mol. The molecule has 0 aliphatic heterocycles. The van der Waals surface area contributed by atoms with Crippen molar-refractivity contribution >= 4 is 21.6 Å². The molecule has 0 unspecified atom stereocenters. The summed E-state index contributed by atoms with van der Waals surface area (Å²) in [5, 5.41) is 0. The number of ether oxygens (including phenoxy) is 1. The van der Waals surface area contributed by atoms with Crippen molar-refractivity contribution in [3.63, 3.8) is 0 Å². The van der Waals surface area contributed by atoms with Crippen LogP contribution in [-0.2, 0) is 14.9 Å². The van der Waals surface area contributed by atoms with Crippen LogP contribution in [0.2, 0.25) is 0 Å². The van der Waals surface area contributed by atoms with Crippen molar-refractivity contribution in [2.24, 2.45) is 0 Å².